The van der Waals surface area contributed by atoms with E-state index in [1.54, 1.807) is 24.3 Å². The second-order valence-electron chi connectivity index (χ2n) is 7.50. The number of sulfonamides is 1. The maximum Gasteiger partial charge on any atom is 0.265 e. The third-order valence-corrected chi connectivity index (χ3v) is 7.44. The fourth-order valence-corrected chi connectivity index (χ4v) is 5.23. The number of aromatic nitrogens is 4. The second-order valence-corrected chi connectivity index (χ2v) is 9.44. The number of aliphatic imine (C=N–C) groups is 1. The topological polar surface area (TPSA) is 143 Å². The Bertz CT molecular complexity index is 1520. The Morgan fingerprint density at radius 3 is 2.44 bits per heavy atom. The molecule has 1 aliphatic rings. The summed E-state index contributed by atoms with van der Waals surface area (Å²) >= 11 is 0. The molecule has 3 heterocycles. The minimum atomic E-state index is -3.69. The van der Waals surface area contributed by atoms with Crippen molar-refractivity contribution in [3.63, 3.8) is 0 Å². The molecule has 1 aliphatic heterocycles. The van der Waals surface area contributed by atoms with Crippen LogP contribution in [-0.4, -0.2) is 70.1 Å². The van der Waals surface area contributed by atoms with Crippen LogP contribution in [0.3, 0.4) is 0 Å². The summed E-state index contributed by atoms with van der Waals surface area (Å²) in [6.45, 7) is 1.25. The van der Waals surface area contributed by atoms with Crippen molar-refractivity contribution in [3.8, 4) is 11.6 Å². The quantitative estimate of drug-likeness (QED) is 0.413. The smallest absolute Gasteiger partial charge is 0.265 e. The lowest BCUT2D eigenvalue weighted by Crippen LogP contribution is -2.40. The number of hydrogen-bond acceptors (Lipinski definition) is 8. The van der Waals surface area contributed by atoms with Crippen LogP contribution < -0.4 is 5.56 Å². The van der Waals surface area contributed by atoms with Crippen LogP contribution in [0.25, 0.3) is 16.5 Å². The number of ether oxygens (including phenoxy) is 1. The van der Waals surface area contributed by atoms with Crippen LogP contribution in [0, 0.1) is 0 Å². The minimum absolute atomic E-state index is 0.0959. The highest BCUT2D eigenvalue weighted by Gasteiger charge is 2.26. The number of nitrogens with one attached hydrogen (secondary N) is 1. The van der Waals surface area contributed by atoms with E-state index in [1.807, 2.05) is 0 Å². The molecule has 2 aromatic heterocycles. The van der Waals surface area contributed by atoms with Gasteiger partial charge in [0, 0.05) is 30.1 Å². The summed E-state index contributed by atoms with van der Waals surface area (Å²) in [5.74, 6) is -0.102. The van der Waals surface area contributed by atoms with Gasteiger partial charge < -0.3 is 9.84 Å². The first-order chi connectivity index (χ1) is 16.5. The molecule has 0 atom stereocenters. The standard InChI is InChI=1S/C22H20N6O5S/c29-20-18-4-2-1-3-17(18)19(13-23-22-24-14-25-26-22)21(30)28(20)15-5-7-16(8-6-15)34(31,32)27-9-11-33-12-10-27/h1-8,13-14,30H,9-12H2,(H,24,25,26). The van der Waals surface area contributed by atoms with Gasteiger partial charge in [-0.2, -0.15) is 14.4 Å². The van der Waals surface area contributed by atoms with Crippen molar-refractivity contribution in [2.75, 3.05) is 26.3 Å². The van der Waals surface area contributed by atoms with Gasteiger partial charge in [-0.15, -0.1) is 0 Å². The molecule has 12 heteroatoms. The van der Waals surface area contributed by atoms with Crippen molar-refractivity contribution < 1.29 is 18.3 Å². The van der Waals surface area contributed by atoms with Crippen molar-refractivity contribution in [2.24, 2.45) is 4.99 Å². The van der Waals surface area contributed by atoms with Gasteiger partial charge in [-0.1, -0.05) is 18.2 Å². The molecule has 0 bridgehead atoms. The Kier molecular flexibility index (Phi) is 5.69. The largest absolute Gasteiger partial charge is 0.494 e. The fourth-order valence-electron chi connectivity index (χ4n) is 3.82. The highest BCUT2D eigenvalue weighted by molar-refractivity contribution is 7.89. The number of aromatic amines is 1. The first-order valence-electron chi connectivity index (χ1n) is 10.4. The molecular weight excluding hydrogens is 460 g/mol. The summed E-state index contributed by atoms with van der Waals surface area (Å²) in [6, 6.07) is 12.6. The van der Waals surface area contributed by atoms with Crippen LogP contribution in [0.4, 0.5) is 5.95 Å². The molecule has 0 saturated carbocycles. The van der Waals surface area contributed by atoms with E-state index in [2.05, 4.69) is 20.2 Å². The number of nitrogens with zero attached hydrogens (tertiary/aromatic N) is 5. The van der Waals surface area contributed by atoms with Crippen molar-refractivity contribution in [3.05, 3.63) is 70.8 Å². The third-order valence-electron chi connectivity index (χ3n) is 5.52. The number of aromatic hydroxyl groups is 1. The Balaban J connectivity index is 1.60. The molecule has 4 aromatic rings. The van der Waals surface area contributed by atoms with E-state index < -0.39 is 15.6 Å². The van der Waals surface area contributed by atoms with Crippen LogP contribution in [0.1, 0.15) is 5.56 Å². The number of H-pyrrole nitrogens is 1. The Morgan fingerprint density at radius 1 is 1.06 bits per heavy atom. The average molecular weight is 481 g/mol. The van der Waals surface area contributed by atoms with Crippen LogP contribution >= 0.6 is 0 Å². The predicted molar refractivity (Wildman–Crippen MR) is 124 cm³/mol. The normalized spacial score (nSPS) is 15.3. The summed E-state index contributed by atoms with van der Waals surface area (Å²) in [4.78, 5) is 21.5. The molecule has 174 valence electrons. The lowest BCUT2D eigenvalue weighted by Gasteiger charge is -2.26. The molecule has 2 aromatic carbocycles. The molecule has 0 aliphatic carbocycles. The second kappa shape index (κ2) is 8.82. The van der Waals surface area contributed by atoms with Crippen LogP contribution in [0.15, 0.2) is 69.5 Å². The van der Waals surface area contributed by atoms with E-state index in [0.29, 0.717) is 35.2 Å². The minimum Gasteiger partial charge on any atom is -0.494 e. The number of benzene rings is 2. The predicted octanol–water partition coefficient (Wildman–Crippen LogP) is 1.59. The zero-order chi connectivity index (χ0) is 23.7. The van der Waals surface area contributed by atoms with Gasteiger partial charge in [0.1, 0.15) is 6.33 Å². The van der Waals surface area contributed by atoms with Gasteiger partial charge in [-0.25, -0.2) is 23.1 Å². The molecule has 0 unspecified atom stereocenters. The summed E-state index contributed by atoms with van der Waals surface area (Å²) in [5, 5.41) is 18.3. The highest BCUT2D eigenvalue weighted by Crippen LogP contribution is 2.27. The van der Waals surface area contributed by atoms with Crippen molar-refractivity contribution in [2.45, 2.75) is 4.90 Å². The summed E-state index contributed by atoms with van der Waals surface area (Å²) < 4.78 is 33.5. The lowest BCUT2D eigenvalue weighted by atomic mass is 10.1. The molecule has 0 amide bonds. The van der Waals surface area contributed by atoms with E-state index in [4.69, 9.17) is 4.74 Å². The van der Waals surface area contributed by atoms with Gasteiger partial charge in [0.05, 0.1) is 29.4 Å². The molecule has 0 spiro atoms. The first-order valence-corrected chi connectivity index (χ1v) is 11.9. The van der Waals surface area contributed by atoms with Gasteiger partial charge in [-0.05, 0) is 30.3 Å². The number of morpholine rings is 1. The number of pyridine rings is 1. The third kappa shape index (κ3) is 3.87. The van der Waals surface area contributed by atoms with Crippen LogP contribution in [0.2, 0.25) is 0 Å². The van der Waals surface area contributed by atoms with E-state index in [1.165, 1.54) is 41.1 Å². The Labute approximate surface area is 194 Å². The Morgan fingerprint density at radius 2 is 1.76 bits per heavy atom. The van der Waals surface area contributed by atoms with Crippen LogP contribution in [0.5, 0.6) is 5.88 Å². The molecule has 1 fully saturated rings. The summed E-state index contributed by atoms with van der Waals surface area (Å²) in [7, 11) is -3.69. The van der Waals surface area contributed by atoms with Gasteiger partial charge in [0.2, 0.25) is 21.9 Å². The molecular formula is C22H20N6O5S. The van der Waals surface area contributed by atoms with E-state index >= 15 is 0 Å². The molecule has 0 radical (unpaired) electrons. The monoisotopic (exact) mass is 480 g/mol. The molecule has 1 saturated heterocycles. The zero-order valence-corrected chi connectivity index (χ0v) is 18.6. The summed E-state index contributed by atoms with van der Waals surface area (Å²) in [5.41, 5.74) is 0.161. The van der Waals surface area contributed by atoms with E-state index in [0.717, 1.165) is 4.57 Å². The molecule has 2 N–H and O–H groups in total. The van der Waals surface area contributed by atoms with Gasteiger partial charge in [0.25, 0.3) is 5.56 Å². The first kappa shape index (κ1) is 21.9. The van der Waals surface area contributed by atoms with Crippen molar-refractivity contribution in [1.82, 2.24) is 24.1 Å². The molecule has 5 rings (SSSR count). The van der Waals surface area contributed by atoms with Gasteiger partial charge in [0.15, 0.2) is 0 Å². The number of fused-ring (bicyclic) bond motifs is 1. The van der Waals surface area contributed by atoms with E-state index in [-0.39, 0.29) is 29.8 Å². The van der Waals surface area contributed by atoms with E-state index in [9.17, 15) is 18.3 Å². The fraction of sp³-hybridized carbons (Fsp3) is 0.182. The number of rotatable bonds is 5. The van der Waals surface area contributed by atoms with Gasteiger partial charge in [-0.3, -0.25) is 4.79 Å². The average Bonchev–Trinajstić information content (AvgIpc) is 3.39. The molecule has 34 heavy (non-hydrogen) atoms. The number of hydrogen-bond donors (Lipinski definition) is 2. The SMILES string of the molecule is O=c1c2ccccc2c(C=Nc2ncn[nH]2)c(O)n1-c1ccc(S(=O)(=O)N2CCOCC2)cc1. The van der Waals surface area contributed by atoms with Crippen molar-refractivity contribution >= 4 is 33.0 Å². The Hall–Kier alpha value is -3.87. The van der Waals surface area contributed by atoms with Crippen molar-refractivity contribution in [1.29, 1.82) is 0 Å². The highest BCUT2D eigenvalue weighted by atomic mass is 32.2. The lowest BCUT2D eigenvalue weighted by molar-refractivity contribution is 0.0730. The van der Waals surface area contributed by atoms with Gasteiger partial charge >= 0.3 is 0 Å². The maximum atomic E-state index is 13.3. The van der Waals surface area contributed by atoms with Crippen LogP contribution in [-0.2, 0) is 14.8 Å². The zero-order valence-electron chi connectivity index (χ0n) is 17.8. The summed E-state index contributed by atoms with van der Waals surface area (Å²) in [6.07, 6.45) is 2.70. The maximum absolute atomic E-state index is 13.3. The molecule has 11 nitrogen and oxygen atoms in total.